The summed E-state index contributed by atoms with van der Waals surface area (Å²) < 4.78 is 5.27. The molecule has 0 saturated heterocycles. The monoisotopic (exact) mass is 264 g/mol. The Balaban J connectivity index is 2.15. The summed E-state index contributed by atoms with van der Waals surface area (Å²) in [5.74, 6) is 0.783. The van der Waals surface area contributed by atoms with Crippen molar-refractivity contribution < 1.29 is 9.21 Å². The van der Waals surface area contributed by atoms with Gasteiger partial charge in [-0.1, -0.05) is 0 Å². The van der Waals surface area contributed by atoms with Crippen molar-refractivity contribution in [3.05, 3.63) is 40.0 Å². The van der Waals surface area contributed by atoms with Crippen molar-refractivity contribution in [3.63, 3.8) is 0 Å². The molecule has 0 bridgehead atoms. The van der Waals surface area contributed by atoms with Crippen LogP contribution < -0.4 is 5.73 Å². The summed E-state index contributed by atoms with van der Waals surface area (Å²) in [5.41, 5.74) is 6.46. The predicted molar refractivity (Wildman–Crippen MR) is 72.6 cm³/mol. The molecule has 0 saturated carbocycles. The minimum atomic E-state index is -0.00120. The van der Waals surface area contributed by atoms with Crippen LogP contribution in [0.5, 0.6) is 0 Å². The number of rotatable bonds is 4. The van der Waals surface area contributed by atoms with Gasteiger partial charge in [-0.3, -0.25) is 4.79 Å². The average molecular weight is 264 g/mol. The van der Waals surface area contributed by atoms with Gasteiger partial charge in [-0.05, 0) is 32.0 Å². The van der Waals surface area contributed by atoms with Crippen molar-refractivity contribution in [1.29, 1.82) is 0 Å². The lowest BCUT2D eigenvalue weighted by Crippen LogP contribution is -2.29. The molecule has 0 aliphatic rings. The van der Waals surface area contributed by atoms with E-state index < -0.39 is 0 Å². The molecule has 0 aromatic carbocycles. The van der Waals surface area contributed by atoms with Gasteiger partial charge in [-0.15, -0.1) is 11.3 Å². The van der Waals surface area contributed by atoms with E-state index in [4.69, 9.17) is 10.2 Å². The summed E-state index contributed by atoms with van der Waals surface area (Å²) in [6.07, 6.45) is 1.61. The van der Waals surface area contributed by atoms with E-state index in [1.54, 1.807) is 17.2 Å². The highest BCUT2D eigenvalue weighted by molar-refractivity contribution is 7.14. The molecule has 2 N–H and O–H groups in total. The highest BCUT2D eigenvalue weighted by Gasteiger charge is 2.18. The van der Waals surface area contributed by atoms with Crippen LogP contribution in [0, 0.1) is 6.92 Å². The number of furan rings is 1. The molecule has 0 fully saturated rings. The third kappa shape index (κ3) is 2.56. The van der Waals surface area contributed by atoms with Crippen molar-refractivity contribution in [2.24, 2.45) is 0 Å². The number of nitrogens with two attached hydrogens (primary N) is 1. The second kappa shape index (κ2) is 5.27. The van der Waals surface area contributed by atoms with E-state index in [-0.39, 0.29) is 5.91 Å². The van der Waals surface area contributed by atoms with Crippen LogP contribution in [-0.2, 0) is 6.54 Å². The molecule has 5 heteroatoms. The van der Waals surface area contributed by atoms with Crippen molar-refractivity contribution in [2.75, 3.05) is 12.3 Å². The fourth-order valence-corrected chi connectivity index (χ4v) is 2.58. The highest BCUT2D eigenvalue weighted by atomic mass is 32.1. The van der Waals surface area contributed by atoms with Gasteiger partial charge in [-0.2, -0.15) is 0 Å². The molecule has 0 atom stereocenters. The van der Waals surface area contributed by atoms with E-state index in [1.807, 2.05) is 26.0 Å². The second-order valence-corrected chi connectivity index (χ2v) is 5.28. The Bertz CT molecular complexity index is 512. The highest BCUT2D eigenvalue weighted by Crippen LogP contribution is 2.25. The van der Waals surface area contributed by atoms with E-state index in [0.717, 1.165) is 10.6 Å². The van der Waals surface area contributed by atoms with Gasteiger partial charge in [0.25, 0.3) is 5.91 Å². The first-order valence-electron chi connectivity index (χ1n) is 5.79. The molecule has 1 amide bonds. The van der Waals surface area contributed by atoms with Gasteiger partial charge in [0.2, 0.25) is 0 Å². The zero-order chi connectivity index (χ0) is 13.1. The summed E-state index contributed by atoms with van der Waals surface area (Å²) in [5, 5.41) is 0. The van der Waals surface area contributed by atoms with Crippen molar-refractivity contribution >= 4 is 22.9 Å². The van der Waals surface area contributed by atoms with Gasteiger partial charge in [0, 0.05) is 17.1 Å². The van der Waals surface area contributed by atoms with Crippen LogP contribution in [0.4, 0.5) is 5.69 Å². The number of carbonyl (C=O) groups is 1. The van der Waals surface area contributed by atoms with Crippen LogP contribution in [0.2, 0.25) is 0 Å². The maximum atomic E-state index is 12.3. The smallest absolute Gasteiger partial charge is 0.264 e. The first-order valence-corrected chi connectivity index (χ1v) is 6.61. The summed E-state index contributed by atoms with van der Waals surface area (Å²) in [4.78, 5) is 15.7. The lowest BCUT2D eigenvalue weighted by atomic mass is 10.3. The average Bonchev–Trinajstić information content (AvgIpc) is 2.96. The molecular weight excluding hydrogens is 248 g/mol. The minimum absolute atomic E-state index is 0.00120. The normalized spacial score (nSPS) is 10.6. The third-order valence-electron chi connectivity index (χ3n) is 2.76. The Hall–Kier alpha value is -1.75. The van der Waals surface area contributed by atoms with Crippen LogP contribution >= 0.6 is 11.3 Å². The van der Waals surface area contributed by atoms with Gasteiger partial charge in [0.1, 0.15) is 5.76 Å². The van der Waals surface area contributed by atoms with E-state index in [9.17, 15) is 4.79 Å². The SMILES string of the molecule is CCN(Cc1ccco1)C(=O)c1cc(N)c(C)s1. The molecule has 2 aromatic heterocycles. The zero-order valence-electron chi connectivity index (χ0n) is 10.5. The molecule has 96 valence electrons. The van der Waals surface area contributed by atoms with Crippen LogP contribution in [-0.4, -0.2) is 17.4 Å². The number of amides is 1. The lowest BCUT2D eigenvalue weighted by Gasteiger charge is -2.18. The van der Waals surface area contributed by atoms with Crippen LogP contribution in [0.1, 0.15) is 27.2 Å². The molecule has 0 spiro atoms. The van der Waals surface area contributed by atoms with Crippen LogP contribution in [0.3, 0.4) is 0 Å². The summed E-state index contributed by atoms with van der Waals surface area (Å²) >= 11 is 1.43. The zero-order valence-corrected chi connectivity index (χ0v) is 11.3. The summed E-state index contributed by atoms with van der Waals surface area (Å²) in [6.45, 7) is 4.99. The second-order valence-electron chi connectivity index (χ2n) is 4.02. The topological polar surface area (TPSA) is 59.5 Å². The van der Waals surface area contributed by atoms with E-state index >= 15 is 0 Å². The number of carbonyl (C=O) groups excluding carboxylic acids is 1. The molecule has 0 unspecified atom stereocenters. The number of nitrogens with zero attached hydrogens (tertiary/aromatic N) is 1. The molecular formula is C13H16N2O2S. The van der Waals surface area contributed by atoms with Gasteiger partial charge in [0.05, 0.1) is 17.7 Å². The third-order valence-corrected chi connectivity index (χ3v) is 3.82. The van der Waals surface area contributed by atoms with Crippen LogP contribution in [0.15, 0.2) is 28.9 Å². The van der Waals surface area contributed by atoms with E-state index in [0.29, 0.717) is 23.7 Å². The number of hydrogen-bond donors (Lipinski definition) is 1. The maximum absolute atomic E-state index is 12.3. The molecule has 4 nitrogen and oxygen atoms in total. The fraction of sp³-hybridized carbons (Fsp3) is 0.308. The van der Waals surface area contributed by atoms with E-state index in [1.165, 1.54) is 11.3 Å². The quantitative estimate of drug-likeness (QED) is 0.923. The molecule has 2 rings (SSSR count). The molecule has 0 aliphatic carbocycles. The van der Waals surface area contributed by atoms with Gasteiger partial charge >= 0.3 is 0 Å². The Morgan fingerprint density at radius 1 is 1.56 bits per heavy atom. The molecule has 2 aromatic rings. The Morgan fingerprint density at radius 3 is 2.83 bits per heavy atom. The Labute approximate surface area is 110 Å². The largest absolute Gasteiger partial charge is 0.467 e. The molecule has 0 aliphatic heterocycles. The lowest BCUT2D eigenvalue weighted by molar-refractivity contribution is 0.0746. The minimum Gasteiger partial charge on any atom is -0.467 e. The Morgan fingerprint density at radius 2 is 2.33 bits per heavy atom. The molecule has 2 heterocycles. The first-order chi connectivity index (χ1) is 8.61. The molecule has 0 radical (unpaired) electrons. The van der Waals surface area contributed by atoms with E-state index in [2.05, 4.69) is 0 Å². The maximum Gasteiger partial charge on any atom is 0.264 e. The van der Waals surface area contributed by atoms with Crippen molar-refractivity contribution in [3.8, 4) is 0 Å². The number of anilines is 1. The standard InChI is InChI=1S/C13H16N2O2S/c1-3-15(8-10-5-4-6-17-10)13(16)12-7-11(14)9(2)18-12/h4-7H,3,8,14H2,1-2H3. The van der Waals surface area contributed by atoms with Crippen molar-refractivity contribution in [2.45, 2.75) is 20.4 Å². The molecule has 18 heavy (non-hydrogen) atoms. The number of hydrogen-bond acceptors (Lipinski definition) is 4. The Kier molecular flexibility index (Phi) is 3.72. The number of nitrogen functional groups attached to an aromatic ring is 1. The summed E-state index contributed by atoms with van der Waals surface area (Å²) in [6, 6.07) is 5.43. The van der Waals surface area contributed by atoms with Crippen molar-refractivity contribution in [1.82, 2.24) is 4.90 Å². The van der Waals surface area contributed by atoms with Gasteiger partial charge in [0.15, 0.2) is 0 Å². The number of aryl methyl sites for hydroxylation is 1. The predicted octanol–water partition coefficient (Wildman–Crippen LogP) is 2.89. The number of thiophene rings is 1. The fourth-order valence-electron chi connectivity index (χ4n) is 1.68. The van der Waals surface area contributed by atoms with Gasteiger partial charge in [-0.25, -0.2) is 0 Å². The van der Waals surface area contributed by atoms with Crippen LogP contribution in [0.25, 0.3) is 0 Å². The first kappa shape index (κ1) is 12.7. The summed E-state index contributed by atoms with van der Waals surface area (Å²) in [7, 11) is 0. The van der Waals surface area contributed by atoms with Gasteiger partial charge < -0.3 is 15.1 Å².